The summed E-state index contributed by atoms with van der Waals surface area (Å²) >= 11 is 1.85. The number of nitrogens with zero attached hydrogens (tertiary/aromatic N) is 3. The molecule has 0 unspecified atom stereocenters. The molecule has 0 aliphatic rings. The van der Waals surface area contributed by atoms with Crippen molar-refractivity contribution in [1.29, 1.82) is 0 Å². The van der Waals surface area contributed by atoms with Gasteiger partial charge >= 0.3 is 0 Å². The monoisotopic (exact) mass is 693 g/mol. The predicted octanol–water partition coefficient (Wildman–Crippen LogP) is 13.4. The van der Waals surface area contributed by atoms with Crippen molar-refractivity contribution in [2.24, 2.45) is 0 Å². The van der Waals surface area contributed by atoms with E-state index in [0.717, 1.165) is 56.0 Å². The Kier molecular flexibility index (Phi) is 7.67. The van der Waals surface area contributed by atoms with Crippen LogP contribution >= 0.6 is 11.3 Å². The van der Waals surface area contributed by atoms with Gasteiger partial charge in [-0.1, -0.05) is 164 Å². The van der Waals surface area contributed by atoms with Crippen LogP contribution in [-0.4, -0.2) is 15.0 Å². The summed E-state index contributed by atoms with van der Waals surface area (Å²) in [6.45, 7) is 0. The molecule has 3 aromatic heterocycles. The summed E-state index contributed by atoms with van der Waals surface area (Å²) in [4.78, 5) is 15.5. The maximum absolute atomic E-state index is 5.26. The van der Waals surface area contributed by atoms with Gasteiger partial charge in [-0.25, -0.2) is 15.0 Å². The minimum absolute atomic E-state index is 0.697. The second-order valence-electron chi connectivity index (χ2n) is 13.2. The fourth-order valence-corrected chi connectivity index (χ4v) is 8.43. The summed E-state index contributed by atoms with van der Waals surface area (Å²) < 4.78 is 2.54. The van der Waals surface area contributed by atoms with Crippen LogP contribution in [-0.2, 0) is 0 Å². The van der Waals surface area contributed by atoms with Crippen molar-refractivity contribution in [2.45, 2.75) is 0 Å². The molecular formula is C49H31N3S. The third kappa shape index (κ3) is 5.76. The lowest BCUT2D eigenvalue weighted by molar-refractivity contribution is 1.18. The largest absolute Gasteiger partial charge is 0.247 e. The molecule has 7 aromatic carbocycles. The van der Waals surface area contributed by atoms with Crippen molar-refractivity contribution in [3.63, 3.8) is 0 Å². The minimum Gasteiger partial charge on any atom is -0.247 e. The number of pyridine rings is 1. The summed E-state index contributed by atoms with van der Waals surface area (Å²) in [5, 5.41) is 3.64. The lowest BCUT2D eigenvalue weighted by Crippen LogP contribution is -1.96. The molecule has 0 atom stereocenters. The van der Waals surface area contributed by atoms with Gasteiger partial charge in [0, 0.05) is 47.8 Å². The van der Waals surface area contributed by atoms with Gasteiger partial charge in [0.2, 0.25) is 0 Å². The average molecular weight is 694 g/mol. The fraction of sp³-hybridized carbons (Fsp3) is 0. The van der Waals surface area contributed by atoms with Gasteiger partial charge in [0.1, 0.15) is 0 Å². The number of thiophene rings is 1. The minimum atomic E-state index is 0.697. The average Bonchev–Trinajstić information content (AvgIpc) is 3.64. The normalized spacial score (nSPS) is 11.4. The van der Waals surface area contributed by atoms with E-state index in [9.17, 15) is 0 Å². The van der Waals surface area contributed by atoms with Crippen LogP contribution in [0.3, 0.4) is 0 Å². The lowest BCUT2D eigenvalue weighted by atomic mass is 9.99. The van der Waals surface area contributed by atoms with E-state index in [1.54, 1.807) is 0 Å². The molecule has 248 valence electrons. The highest BCUT2D eigenvalue weighted by Gasteiger charge is 2.17. The zero-order valence-electron chi connectivity index (χ0n) is 28.6. The number of hydrogen-bond donors (Lipinski definition) is 0. The maximum atomic E-state index is 5.26. The van der Waals surface area contributed by atoms with Crippen LogP contribution in [0.1, 0.15) is 0 Å². The number of hydrogen-bond acceptors (Lipinski definition) is 4. The third-order valence-electron chi connectivity index (χ3n) is 9.91. The van der Waals surface area contributed by atoms with Gasteiger partial charge in [0.05, 0.1) is 22.6 Å². The van der Waals surface area contributed by atoms with E-state index in [4.69, 9.17) is 15.0 Å². The topological polar surface area (TPSA) is 38.7 Å². The van der Waals surface area contributed by atoms with Gasteiger partial charge in [-0.3, -0.25) is 0 Å². The number of fused-ring (bicyclic) bond motifs is 5. The van der Waals surface area contributed by atoms with Crippen molar-refractivity contribution in [1.82, 2.24) is 15.0 Å². The fourth-order valence-electron chi connectivity index (χ4n) is 7.20. The Morgan fingerprint density at radius 2 is 0.830 bits per heavy atom. The van der Waals surface area contributed by atoms with Crippen molar-refractivity contribution in [3.8, 4) is 67.4 Å². The van der Waals surface area contributed by atoms with Crippen molar-refractivity contribution >= 4 is 42.4 Å². The van der Waals surface area contributed by atoms with Crippen LogP contribution in [0.4, 0.5) is 0 Å². The van der Waals surface area contributed by atoms with Crippen LogP contribution in [0, 0.1) is 0 Å². The predicted molar refractivity (Wildman–Crippen MR) is 223 cm³/mol. The van der Waals surface area contributed by atoms with E-state index in [-0.39, 0.29) is 0 Å². The molecule has 0 spiro atoms. The molecule has 0 amide bonds. The van der Waals surface area contributed by atoms with E-state index >= 15 is 0 Å². The summed E-state index contributed by atoms with van der Waals surface area (Å²) in [5.41, 5.74) is 12.7. The highest BCUT2D eigenvalue weighted by molar-refractivity contribution is 7.26. The Hall–Kier alpha value is -6.75. The molecule has 10 rings (SSSR count). The molecule has 0 saturated heterocycles. The second kappa shape index (κ2) is 13.1. The lowest BCUT2D eigenvalue weighted by Gasteiger charge is -2.11. The van der Waals surface area contributed by atoms with Gasteiger partial charge < -0.3 is 0 Å². The SMILES string of the molecule is c1ccc(-c2ccc(-c3cc(-c4ccccc4)nc(-c4ccc(-c5ccc6nc(-c7ccccc7)c7c8ccccc8sc7c6c5)cc4)n3)cc2)cc1. The van der Waals surface area contributed by atoms with Gasteiger partial charge in [0.15, 0.2) is 5.82 Å². The van der Waals surface area contributed by atoms with Crippen molar-refractivity contribution in [2.75, 3.05) is 0 Å². The molecule has 10 aromatic rings. The van der Waals surface area contributed by atoms with E-state index in [2.05, 4.69) is 164 Å². The zero-order chi connectivity index (χ0) is 35.1. The molecule has 4 heteroatoms. The van der Waals surface area contributed by atoms with Crippen LogP contribution in [0.15, 0.2) is 188 Å². The van der Waals surface area contributed by atoms with Gasteiger partial charge in [-0.05, 0) is 46.5 Å². The maximum Gasteiger partial charge on any atom is 0.160 e. The van der Waals surface area contributed by atoms with Gasteiger partial charge in [-0.2, -0.15) is 0 Å². The van der Waals surface area contributed by atoms with Crippen molar-refractivity contribution < 1.29 is 0 Å². The van der Waals surface area contributed by atoms with Crippen LogP contribution < -0.4 is 0 Å². The highest BCUT2D eigenvalue weighted by Crippen LogP contribution is 2.43. The second-order valence-corrected chi connectivity index (χ2v) is 14.3. The summed E-state index contributed by atoms with van der Waals surface area (Å²) in [7, 11) is 0. The first-order valence-electron chi connectivity index (χ1n) is 17.8. The number of aromatic nitrogens is 3. The van der Waals surface area contributed by atoms with Crippen LogP contribution in [0.2, 0.25) is 0 Å². The molecule has 0 aliphatic heterocycles. The number of rotatable bonds is 6. The third-order valence-corrected chi connectivity index (χ3v) is 11.1. The smallest absolute Gasteiger partial charge is 0.160 e. The number of benzene rings is 7. The zero-order valence-corrected chi connectivity index (χ0v) is 29.5. The first-order valence-corrected chi connectivity index (χ1v) is 18.6. The first-order chi connectivity index (χ1) is 26.2. The van der Waals surface area contributed by atoms with Gasteiger partial charge in [-0.15, -0.1) is 11.3 Å². The highest BCUT2D eigenvalue weighted by atomic mass is 32.1. The Labute approximate surface area is 311 Å². The molecule has 3 nitrogen and oxygen atoms in total. The molecule has 0 saturated carbocycles. The molecule has 3 heterocycles. The molecule has 53 heavy (non-hydrogen) atoms. The van der Waals surface area contributed by atoms with E-state index in [1.165, 1.54) is 36.7 Å². The van der Waals surface area contributed by atoms with E-state index in [1.807, 2.05) is 35.6 Å². The summed E-state index contributed by atoms with van der Waals surface area (Å²) in [6.07, 6.45) is 0. The molecule has 0 radical (unpaired) electrons. The van der Waals surface area contributed by atoms with Crippen molar-refractivity contribution in [3.05, 3.63) is 188 Å². The Morgan fingerprint density at radius 1 is 0.340 bits per heavy atom. The molecule has 0 bridgehead atoms. The quantitative estimate of drug-likeness (QED) is 0.174. The molecule has 0 fully saturated rings. The van der Waals surface area contributed by atoms with E-state index in [0.29, 0.717) is 5.82 Å². The van der Waals surface area contributed by atoms with Crippen LogP contribution in [0.25, 0.3) is 98.5 Å². The summed E-state index contributed by atoms with van der Waals surface area (Å²) in [5.74, 6) is 0.697. The Balaban J connectivity index is 1.05. The molecule has 0 N–H and O–H groups in total. The molecular weight excluding hydrogens is 663 g/mol. The standard InChI is InChI=1S/C49H31N3S/c1-4-12-32(13-5-1)33-20-24-36(25-21-33)44-31-43(35-14-6-2-7-15-35)51-49(52-44)38-26-22-34(23-27-38)39-28-29-42-41(30-39)48-46(40-18-10-11-19-45(40)53-48)47(50-42)37-16-8-3-9-17-37/h1-31H. The Bertz CT molecular complexity index is 2900. The van der Waals surface area contributed by atoms with Gasteiger partial charge in [0.25, 0.3) is 0 Å². The summed E-state index contributed by atoms with van der Waals surface area (Å²) in [6, 6.07) is 66.0. The molecule has 0 aliphatic carbocycles. The van der Waals surface area contributed by atoms with Crippen LogP contribution in [0.5, 0.6) is 0 Å². The van der Waals surface area contributed by atoms with E-state index < -0.39 is 0 Å². The first kappa shape index (κ1) is 31.0. The Morgan fingerprint density at radius 3 is 1.51 bits per heavy atom.